The summed E-state index contributed by atoms with van der Waals surface area (Å²) in [5, 5.41) is 0. The highest BCUT2D eigenvalue weighted by atomic mass is 32.2. The summed E-state index contributed by atoms with van der Waals surface area (Å²) in [5.41, 5.74) is 2.21. The molecule has 0 amide bonds. The van der Waals surface area contributed by atoms with E-state index in [9.17, 15) is 25.6 Å². The van der Waals surface area contributed by atoms with Crippen LogP contribution in [0, 0.1) is 11.6 Å². The maximum atomic E-state index is 13.9. The number of fused-ring (bicyclic) bond motifs is 1. The van der Waals surface area contributed by atoms with Gasteiger partial charge in [-0.05, 0) is 54.7 Å². The molecule has 1 aliphatic carbocycles. The lowest BCUT2D eigenvalue weighted by atomic mass is 10.1. The quantitative estimate of drug-likeness (QED) is 0.727. The number of sulfonamides is 2. The van der Waals surface area contributed by atoms with E-state index in [-0.39, 0.29) is 31.1 Å². The lowest BCUT2D eigenvalue weighted by Crippen LogP contribution is -2.50. The monoisotopic (exact) mass is 442 g/mol. The molecule has 0 bridgehead atoms. The number of hydrogen-bond donors (Lipinski definition) is 0. The molecule has 1 heterocycles. The molecule has 1 aliphatic heterocycles. The lowest BCUT2D eigenvalue weighted by molar-refractivity contribution is 0.272. The second-order valence-corrected chi connectivity index (χ2v) is 11.0. The van der Waals surface area contributed by atoms with Gasteiger partial charge >= 0.3 is 0 Å². The van der Waals surface area contributed by atoms with E-state index in [4.69, 9.17) is 0 Å². The van der Waals surface area contributed by atoms with E-state index in [0.717, 1.165) is 41.3 Å². The fourth-order valence-corrected chi connectivity index (χ4v) is 6.77. The van der Waals surface area contributed by atoms with E-state index >= 15 is 0 Å². The van der Waals surface area contributed by atoms with Gasteiger partial charge in [-0.1, -0.05) is 6.07 Å². The van der Waals surface area contributed by atoms with Gasteiger partial charge in [0.25, 0.3) is 0 Å². The Morgan fingerprint density at radius 1 is 0.724 bits per heavy atom. The van der Waals surface area contributed by atoms with Gasteiger partial charge in [-0.25, -0.2) is 25.6 Å². The van der Waals surface area contributed by atoms with Gasteiger partial charge in [-0.15, -0.1) is 0 Å². The first-order valence-corrected chi connectivity index (χ1v) is 12.1. The van der Waals surface area contributed by atoms with Crippen LogP contribution < -0.4 is 0 Å². The molecule has 2 aliphatic rings. The Labute approximate surface area is 168 Å². The zero-order valence-corrected chi connectivity index (χ0v) is 17.1. The Kier molecular flexibility index (Phi) is 5.22. The molecule has 0 unspecified atom stereocenters. The van der Waals surface area contributed by atoms with Gasteiger partial charge in [-0.3, -0.25) is 0 Å². The van der Waals surface area contributed by atoms with Crippen molar-refractivity contribution in [2.45, 2.75) is 29.1 Å². The summed E-state index contributed by atoms with van der Waals surface area (Å²) >= 11 is 0. The fourth-order valence-electron chi connectivity index (χ4n) is 3.83. The molecular weight excluding hydrogens is 422 g/mol. The van der Waals surface area contributed by atoms with E-state index in [1.54, 1.807) is 12.1 Å². The molecule has 0 aromatic heterocycles. The van der Waals surface area contributed by atoms with Gasteiger partial charge in [0.2, 0.25) is 20.0 Å². The van der Waals surface area contributed by atoms with Crippen LogP contribution in [-0.4, -0.2) is 51.6 Å². The number of benzene rings is 2. The molecule has 6 nitrogen and oxygen atoms in total. The van der Waals surface area contributed by atoms with Gasteiger partial charge in [0.05, 0.1) is 4.90 Å². The molecule has 2 aromatic rings. The summed E-state index contributed by atoms with van der Waals surface area (Å²) in [5.74, 6) is -2.04. The van der Waals surface area contributed by atoms with Crippen LogP contribution in [0.25, 0.3) is 0 Å². The van der Waals surface area contributed by atoms with Gasteiger partial charge < -0.3 is 0 Å². The maximum Gasteiger partial charge on any atom is 0.246 e. The largest absolute Gasteiger partial charge is 0.246 e. The SMILES string of the molecule is O=S(=O)(c1ccc2c(c1)CCC2)N1CCN(S(=O)(=O)c2ccc(F)cc2F)CC1. The summed E-state index contributed by atoms with van der Waals surface area (Å²) in [6.07, 6.45) is 2.81. The Morgan fingerprint density at radius 2 is 1.34 bits per heavy atom. The summed E-state index contributed by atoms with van der Waals surface area (Å²) in [6, 6.07) is 7.41. The van der Waals surface area contributed by atoms with Crippen molar-refractivity contribution >= 4 is 20.0 Å². The van der Waals surface area contributed by atoms with Crippen molar-refractivity contribution in [3.63, 3.8) is 0 Å². The topological polar surface area (TPSA) is 74.8 Å². The second kappa shape index (κ2) is 7.42. The first kappa shape index (κ1) is 20.4. The summed E-state index contributed by atoms with van der Waals surface area (Å²) < 4.78 is 80.6. The van der Waals surface area contributed by atoms with Crippen molar-refractivity contribution in [1.82, 2.24) is 8.61 Å². The Hall–Kier alpha value is -1.88. The van der Waals surface area contributed by atoms with Gasteiger partial charge in [-0.2, -0.15) is 8.61 Å². The third kappa shape index (κ3) is 3.70. The van der Waals surface area contributed by atoms with E-state index in [2.05, 4.69) is 0 Å². The number of rotatable bonds is 4. The minimum atomic E-state index is -4.18. The first-order valence-electron chi connectivity index (χ1n) is 9.27. The third-order valence-corrected chi connectivity index (χ3v) is 9.24. The van der Waals surface area contributed by atoms with Crippen molar-refractivity contribution in [2.24, 2.45) is 0 Å². The minimum Gasteiger partial charge on any atom is -0.207 e. The Bertz CT molecular complexity index is 1160. The highest BCUT2D eigenvalue weighted by molar-refractivity contribution is 7.89. The van der Waals surface area contributed by atoms with Crippen LogP contribution >= 0.6 is 0 Å². The van der Waals surface area contributed by atoms with E-state index in [1.165, 1.54) is 9.87 Å². The molecule has 0 spiro atoms. The number of nitrogens with zero attached hydrogens (tertiary/aromatic N) is 2. The molecule has 4 rings (SSSR count). The number of halogens is 2. The van der Waals surface area contributed by atoms with Gasteiger partial charge in [0.1, 0.15) is 16.5 Å². The molecule has 29 heavy (non-hydrogen) atoms. The van der Waals surface area contributed by atoms with Crippen molar-refractivity contribution in [2.75, 3.05) is 26.2 Å². The van der Waals surface area contributed by atoms with Crippen molar-refractivity contribution in [3.8, 4) is 0 Å². The normalized spacial score (nSPS) is 18.7. The second-order valence-electron chi connectivity index (χ2n) is 7.17. The molecule has 1 fully saturated rings. The van der Waals surface area contributed by atoms with E-state index < -0.39 is 36.6 Å². The minimum absolute atomic E-state index is 0.0402. The Morgan fingerprint density at radius 3 is 2.00 bits per heavy atom. The van der Waals surface area contributed by atoms with Crippen molar-refractivity contribution in [1.29, 1.82) is 0 Å². The molecule has 0 N–H and O–H groups in total. The van der Waals surface area contributed by atoms with Crippen LogP contribution in [0.1, 0.15) is 17.5 Å². The van der Waals surface area contributed by atoms with Crippen LogP contribution in [0.3, 0.4) is 0 Å². The molecule has 156 valence electrons. The summed E-state index contributed by atoms with van der Waals surface area (Å²) in [4.78, 5) is -0.409. The van der Waals surface area contributed by atoms with Crippen LogP contribution in [0.15, 0.2) is 46.2 Å². The highest BCUT2D eigenvalue weighted by Gasteiger charge is 2.35. The maximum absolute atomic E-state index is 13.9. The molecule has 0 radical (unpaired) electrons. The van der Waals surface area contributed by atoms with E-state index in [1.807, 2.05) is 6.07 Å². The average Bonchev–Trinajstić information content (AvgIpc) is 3.15. The van der Waals surface area contributed by atoms with Gasteiger partial charge in [0.15, 0.2) is 0 Å². The molecular formula is C19H20F2N2O4S2. The fraction of sp³-hybridized carbons (Fsp3) is 0.368. The Balaban J connectivity index is 1.51. The number of piperazine rings is 1. The van der Waals surface area contributed by atoms with Crippen LogP contribution in [-0.2, 0) is 32.9 Å². The van der Waals surface area contributed by atoms with Crippen molar-refractivity contribution in [3.05, 3.63) is 59.2 Å². The highest BCUT2D eigenvalue weighted by Crippen LogP contribution is 2.28. The van der Waals surface area contributed by atoms with Gasteiger partial charge in [0, 0.05) is 32.2 Å². The molecule has 2 aromatic carbocycles. The lowest BCUT2D eigenvalue weighted by Gasteiger charge is -2.33. The smallest absolute Gasteiger partial charge is 0.207 e. The predicted octanol–water partition coefficient (Wildman–Crippen LogP) is 2.15. The van der Waals surface area contributed by atoms with Crippen molar-refractivity contribution < 1.29 is 25.6 Å². The summed E-state index contributed by atoms with van der Waals surface area (Å²) in [7, 11) is -7.92. The van der Waals surface area contributed by atoms with E-state index in [0.29, 0.717) is 6.07 Å². The third-order valence-electron chi connectivity index (χ3n) is 5.42. The standard InChI is InChI=1S/C19H20F2N2O4S2/c20-16-5-7-19(18(21)13-16)29(26,27)23-10-8-22(9-11-23)28(24,25)17-6-4-14-2-1-3-15(14)12-17/h4-7,12-13H,1-3,8-11H2. The number of hydrogen-bond acceptors (Lipinski definition) is 4. The van der Waals surface area contributed by atoms with Crippen LogP contribution in [0.4, 0.5) is 8.78 Å². The van der Waals surface area contributed by atoms with Crippen LogP contribution in [0.2, 0.25) is 0 Å². The zero-order valence-electron chi connectivity index (χ0n) is 15.5. The summed E-state index contributed by atoms with van der Waals surface area (Å²) in [6.45, 7) is -0.296. The average molecular weight is 443 g/mol. The first-order chi connectivity index (χ1) is 13.7. The zero-order chi connectivity index (χ0) is 20.8. The molecule has 10 heteroatoms. The molecule has 1 saturated heterocycles. The molecule has 0 saturated carbocycles. The van der Waals surface area contributed by atoms with Crippen LogP contribution in [0.5, 0.6) is 0 Å². The molecule has 0 atom stereocenters. The number of aryl methyl sites for hydroxylation is 2. The predicted molar refractivity (Wildman–Crippen MR) is 102 cm³/mol.